The van der Waals surface area contributed by atoms with Gasteiger partial charge in [0.2, 0.25) is 5.09 Å². The average Bonchev–Trinajstić information content (AvgIpc) is 3.03. The van der Waals surface area contributed by atoms with Crippen LogP contribution in [0.2, 0.25) is 0 Å². The molecular weight excluding hydrogens is 316 g/mol. The lowest BCUT2D eigenvalue weighted by Gasteiger charge is -2.07. The fourth-order valence-corrected chi connectivity index (χ4v) is 2.78. The zero-order valence-electron chi connectivity index (χ0n) is 13.2. The van der Waals surface area contributed by atoms with Crippen molar-refractivity contribution in [2.75, 3.05) is 20.6 Å². The predicted octanol–water partition coefficient (Wildman–Crippen LogP) is 1.89. The van der Waals surface area contributed by atoms with Gasteiger partial charge in [0.1, 0.15) is 0 Å². The molecule has 0 spiro atoms. The van der Waals surface area contributed by atoms with Gasteiger partial charge in [-0.15, -0.1) is 0 Å². The molecule has 0 atom stereocenters. The summed E-state index contributed by atoms with van der Waals surface area (Å²) in [5.74, 6) is -0.427. The standard InChI is InChI=1S/C16H20N2O4S/c1-18(2)23(20,21)15-11-10-14(22-15)16(19)17-12-6-9-13-7-4-3-5-8-13/h3-5,7-8,10-11H,6,9,12H2,1-2H3,(H,17,19). The number of carbonyl (C=O) groups excluding carboxylic acids is 1. The molecule has 1 amide bonds. The van der Waals surface area contributed by atoms with Gasteiger partial charge in [0, 0.05) is 20.6 Å². The van der Waals surface area contributed by atoms with Crippen LogP contribution in [0, 0.1) is 0 Å². The number of sulfonamides is 1. The maximum atomic E-state index is 12.0. The van der Waals surface area contributed by atoms with Crippen LogP contribution in [0.15, 0.2) is 52.0 Å². The zero-order chi connectivity index (χ0) is 16.9. The largest absolute Gasteiger partial charge is 0.438 e. The first-order valence-corrected chi connectivity index (χ1v) is 8.70. The van der Waals surface area contributed by atoms with Gasteiger partial charge in [0.15, 0.2) is 5.76 Å². The number of hydrogen-bond donors (Lipinski definition) is 1. The maximum absolute atomic E-state index is 12.0. The minimum absolute atomic E-state index is 0.00913. The molecule has 0 bridgehead atoms. The molecule has 23 heavy (non-hydrogen) atoms. The molecule has 6 nitrogen and oxygen atoms in total. The molecule has 1 N–H and O–H groups in total. The average molecular weight is 336 g/mol. The first-order valence-electron chi connectivity index (χ1n) is 7.26. The summed E-state index contributed by atoms with van der Waals surface area (Å²) < 4.78 is 30.0. The van der Waals surface area contributed by atoms with Gasteiger partial charge in [-0.1, -0.05) is 30.3 Å². The van der Waals surface area contributed by atoms with Gasteiger partial charge < -0.3 is 9.73 Å². The van der Waals surface area contributed by atoms with Crippen molar-refractivity contribution < 1.29 is 17.6 Å². The third-order valence-corrected chi connectivity index (χ3v) is 5.00. The van der Waals surface area contributed by atoms with E-state index in [0.29, 0.717) is 6.54 Å². The van der Waals surface area contributed by atoms with Crippen LogP contribution in [0.5, 0.6) is 0 Å². The lowest BCUT2D eigenvalue weighted by atomic mass is 10.1. The topological polar surface area (TPSA) is 79.6 Å². The van der Waals surface area contributed by atoms with Crippen molar-refractivity contribution in [1.82, 2.24) is 9.62 Å². The van der Waals surface area contributed by atoms with Crippen LogP contribution in [0.25, 0.3) is 0 Å². The fourth-order valence-electron chi connectivity index (χ4n) is 1.99. The highest BCUT2D eigenvalue weighted by molar-refractivity contribution is 7.88. The minimum Gasteiger partial charge on any atom is -0.438 e. The normalized spacial score (nSPS) is 11.6. The van der Waals surface area contributed by atoms with E-state index in [2.05, 4.69) is 5.32 Å². The Kier molecular flexibility index (Phi) is 5.57. The first-order chi connectivity index (χ1) is 10.9. The van der Waals surface area contributed by atoms with Gasteiger partial charge in [0.25, 0.3) is 15.9 Å². The number of rotatable bonds is 7. The number of amides is 1. The highest BCUT2D eigenvalue weighted by Gasteiger charge is 2.23. The van der Waals surface area contributed by atoms with Gasteiger partial charge in [-0.05, 0) is 30.5 Å². The number of nitrogens with one attached hydrogen (secondary N) is 1. The smallest absolute Gasteiger partial charge is 0.287 e. The Morgan fingerprint density at radius 3 is 2.48 bits per heavy atom. The van der Waals surface area contributed by atoms with Crippen molar-refractivity contribution >= 4 is 15.9 Å². The number of nitrogens with zero attached hydrogens (tertiary/aromatic N) is 1. The van der Waals surface area contributed by atoms with Gasteiger partial charge >= 0.3 is 0 Å². The molecule has 0 aliphatic carbocycles. The monoisotopic (exact) mass is 336 g/mol. The van der Waals surface area contributed by atoms with Gasteiger partial charge in [-0.3, -0.25) is 4.79 Å². The first kappa shape index (κ1) is 17.2. The molecule has 0 aliphatic heterocycles. The predicted molar refractivity (Wildman–Crippen MR) is 86.7 cm³/mol. The number of furan rings is 1. The number of carbonyl (C=O) groups is 1. The van der Waals surface area contributed by atoms with E-state index in [1.54, 1.807) is 0 Å². The van der Waals surface area contributed by atoms with Gasteiger partial charge in [0.05, 0.1) is 0 Å². The SMILES string of the molecule is CN(C)S(=O)(=O)c1ccc(C(=O)NCCCc2ccccc2)o1. The Morgan fingerprint density at radius 2 is 1.83 bits per heavy atom. The van der Waals surface area contributed by atoms with E-state index >= 15 is 0 Å². The third kappa shape index (κ3) is 4.43. The van der Waals surface area contributed by atoms with Crippen LogP contribution in [-0.4, -0.2) is 39.3 Å². The summed E-state index contributed by atoms with van der Waals surface area (Å²) in [7, 11) is -0.856. The van der Waals surface area contributed by atoms with Gasteiger partial charge in [-0.25, -0.2) is 12.7 Å². The lowest BCUT2D eigenvalue weighted by Crippen LogP contribution is -2.24. The summed E-state index contributed by atoms with van der Waals surface area (Å²) in [4.78, 5) is 12.0. The maximum Gasteiger partial charge on any atom is 0.287 e. The molecule has 0 aliphatic rings. The minimum atomic E-state index is -3.66. The molecule has 7 heteroatoms. The summed E-state index contributed by atoms with van der Waals surface area (Å²) in [6.07, 6.45) is 1.65. The summed E-state index contributed by atoms with van der Waals surface area (Å²) in [6, 6.07) is 12.6. The van der Waals surface area contributed by atoms with Crippen LogP contribution < -0.4 is 5.32 Å². The van der Waals surface area contributed by atoms with E-state index < -0.39 is 15.9 Å². The molecule has 0 radical (unpaired) electrons. The van der Waals surface area contributed by atoms with Crippen molar-refractivity contribution in [3.63, 3.8) is 0 Å². The van der Waals surface area contributed by atoms with Crippen molar-refractivity contribution in [3.8, 4) is 0 Å². The number of benzene rings is 1. The van der Waals surface area contributed by atoms with E-state index in [9.17, 15) is 13.2 Å². The Labute approximate surface area is 136 Å². The molecule has 1 aromatic heterocycles. The Hall–Kier alpha value is -2.12. The highest BCUT2D eigenvalue weighted by Crippen LogP contribution is 2.16. The van der Waals surface area contributed by atoms with E-state index in [0.717, 1.165) is 17.1 Å². The molecule has 1 heterocycles. The highest BCUT2D eigenvalue weighted by atomic mass is 32.2. The molecular formula is C16H20N2O4S. The molecule has 0 fully saturated rings. The molecule has 124 valence electrons. The van der Waals surface area contributed by atoms with Crippen molar-refractivity contribution in [3.05, 3.63) is 53.8 Å². The Morgan fingerprint density at radius 1 is 1.13 bits per heavy atom. The summed E-state index contributed by atoms with van der Waals surface area (Å²) in [5.41, 5.74) is 1.21. The second-order valence-corrected chi connectivity index (χ2v) is 7.33. The van der Waals surface area contributed by atoms with Crippen LogP contribution in [0.1, 0.15) is 22.5 Å². The third-order valence-electron chi connectivity index (χ3n) is 3.31. The van der Waals surface area contributed by atoms with E-state index in [4.69, 9.17) is 4.42 Å². The van der Waals surface area contributed by atoms with Crippen LogP contribution in [0.3, 0.4) is 0 Å². The quantitative estimate of drug-likeness (QED) is 0.783. The molecule has 2 rings (SSSR count). The van der Waals surface area contributed by atoms with E-state index in [-0.39, 0.29) is 10.9 Å². The van der Waals surface area contributed by atoms with Crippen LogP contribution in [0.4, 0.5) is 0 Å². The van der Waals surface area contributed by atoms with E-state index in [1.165, 1.54) is 31.8 Å². The van der Waals surface area contributed by atoms with Crippen LogP contribution >= 0.6 is 0 Å². The summed E-state index contributed by atoms with van der Waals surface area (Å²) in [6.45, 7) is 0.490. The number of hydrogen-bond acceptors (Lipinski definition) is 4. The van der Waals surface area contributed by atoms with Crippen molar-refractivity contribution in [2.45, 2.75) is 17.9 Å². The molecule has 0 saturated heterocycles. The Balaban J connectivity index is 1.86. The van der Waals surface area contributed by atoms with Crippen molar-refractivity contribution in [2.24, 2.45) is 0 Å². The Bertz CT molecular complexity index is 751. The van der Waals surface area contributed by atoms with E-state index in [1.807, 2.05) is 30.3 Å². The second-order valence-electron chi connectivity index (χ2n) is 5.25. The molecule has 0 saturated carbocycles. The fraction of sp³-hybridized carbons (Fsp3) is 0.312. The second kappa shape index (κ2) is 7.43. The molecule has 2 aromatic rings. The van der Waals surface area contributed by atoms with Crippen molar-refractivity contribution in [1.29, 1.82) is 0 Å². The molecule has 0 unspecified atom stereocenters. The zero-order valence-corrected chi connectivity index (χ0v) is 14.0. The summed E-state index contributed by atoms with van der Waals surface area (Å²) in [5, 5.41) is 2.48. The summed E-state index contributed by atoms with van der Waals surface area (Å²) >= 11 is 0. The molecule has 1 aromatic carbocycles. The van der Waals surface area contributed by atoms with Gasteiger partial charge in [-0.2, -0.15) is 0 Å². The van der Waals surface area contributed by atoms with Crippen LogP contribution in [-0.2, 0) is 16.4 Å². The lowest BCUT2D eigenvalue weighted by molar-refractivity contribution is 0.0920. The number of aryl methyl sites for hydroxylation is 1.